The first kappa shape index (κ1) is 19.9. The molecule has 7 nitrogen and oxygen atoms in total. The van der Waals surface area contributed by atoms with E-state index in [4.69, 9.17) is 9.47 Å². The summed E-state index contributed by atoms with van der Waals surface area (Å²) in [6, 6.07) is 6.98. The molecular formula is C18H23N3O4S. The highest BCUT2D eigenvalue weighted by atomic mass is 32.1. The predicted octanol–water partition coefficient (Wildman–Crippen LogP) is 2.66. The van der Waals surface area contributed by atoms with Crippen molar-refractivity contribution < 1.29 is 19.1 Å². The number of ether oxygens (including phenoxy) is 2. The smallest absolute Gasteiger partial charge is 0.258 e. The topological polar surface area (TPSA) is 80.8 Å². The van der Waals surface area contributed by atoms with E-state index in [1.807, 2.05) is 6.92 Å². The highest BCUT2D eigenvalue weighted by Gasteiger charge is 2.21. The van der Waals surface area contributed by atoms with Gasteiger partial charge in [0.05, 0.1) is 12.7 Å². The van der Waals surface area contributed by atoms with E-state index in [0.717, 1.165) is 0 Å². The third-order valence-corrected chi connectivity index (χ3v) is 4.25. The summed E-state index contributed by atoms with van der Waals surface area (Å²) in [6.07, 6.45) is 2.25. The molecule has 1 aromatic carbocycles. The summed E-state index contributed by atoms with van der Waals surface area (Å²) in [5, 5.41) is 4.98. The van der Waals surface area contributed by atoms with Crippen molar-refractivity contribution in [2.24, 2.45) is 0 Å². The minimum absolute atomic E-state index is 0.0669. The van der Waals surface area contributed by atoms with Crippen LogP contribution in [0.1, 0.15) is 23.7 Å². The molecule has 0 saturated heterocycles. The summed E-state index contributed by atoms with van der Waals surface area (Å²) in [5.41, 5.74) is 0.424. The van der Waals surface area contributed by atoms with Crippen LogP contribution in [0.3, 0.4) is 0 Å². The Bertz CT molecular complexity index is 706. The number of para-hydroxylation sites is 1. The summed E-state index contributed by atoms with van der Waals surface area (Å²) in [4.78, 5) is 30.8. The average Bonchev–Trinajstić information content (AvgIpc) is 3.16. The van der Waals surface area contributed by atoms with Gasteiger partial charge >= 0.3 is 0 Å². The fourth-order valence-electron chi connectivity index (χ4n) is 2.36. The molecule has 2 amide bonds. The van der Waals surface area contributed by atoms with Crippen LogP contribution in [0.5, 0.6) is 5.75 Å². The highest BCUT2D eigenvalue weighted by molar-refractivity contribution is 7.13. The number of carbonyl (C=O) groups excluding carboxylic acids is 2. The molecule has 1 heterocycles. The van der Waals surface area contributed by atoms with E-state index in [1.54, 1.807) is 35.8 Å². The third-order valence-electron chi connectivity index (χ3n) is 3.56. The normalized spacial score (nSPS) is 10.4. The van der Waals surface area contributed by atoms with Crippen molar-refractivity contribution in [2.45, 2.75) is 13.3 Å². The molecule has 8 heteroatoms. The second-order valence-corrected chi connectivity index (χ2v) is 6.26. The van der Waals surface area contributed by atoms with Crippen LogP contribution in [-0.2, 0) is 9.53 Å². The Kier molecular flexibility index (Phi) is 8.04. The van der Waals surface area contributed by atoms with Crippen LogP contribution in [0.15, 0.2) is 35.8 Å². The molecule has 0 atom stereocenters. The largest absolute Gasteiger partial charge is 0.496 e. The number of nitrogens with zero attached hydrogens (tertiary/aromatic N) is 2. The first-order valence-corrected chi connectivity index (χ1v) is 9.23. The van der Waals surface area contributed by atoms with Crippen LogP contribution in [-0.4, -0.2) is 55.1 Å². The first-order valence-electron chi connectivity index (χ1n) is 8.35. The van der Waals surface area contributed by atoms with Gasteiger partial charge in [-0.25, -0.2) is 4.98 Å². The number of carbonyl (C=O) groups is 2. The van der Waals surface area contributed by atoms with E-state index in [1.165, 1.54) is 23.3 Å². The van der Waals surface area contributed by atoms with Crippen molar-refractivity contribution in [1.29, 1.82) is 0 Å². The summed E-state index contributed by atoms with van der Waals surface area (Å²) < 4.78 is 10.6. The molecule has 0 bridgehead atoms. The standard InChI is InChI=1S/C18H23N3O4S/c1-3-25-11-6-10-21(13-16(22)20-18-19-9-12-26-18)17(23)14-7-4-5-8-15(14)24-2/h4-5,7-9,12H,3,6,10-11,13H2,1-2H3,(H,19,20,22). The lowest BCUT2D eigenvalue weighted by Crippen LogP contribution is -2.39. The van der Waals surface area contributed by atoms with Gasteiger partial charge in [0.1, 0.15) is 12.3 Å². The Morgan fingerprint density at radius 2 is 2.12 bits per heavy atom. The second kappa shape index (κ2) is 10.5. The zero-order chi connectivity index (χ0) is 18.8. The van der Waals surface area contributed by atoms with Crippen molar-refractivity contribution in [2.75, 3.05) is 38.7 Å². The quantitative estimate of drug-likeness (QED) is 0.644. The summed E-state index contributed by atoms with van der Waals surface area (Å²) >= 11 is 1.33. The Hall–Kier alpha value is -2.45. The maximum atomic E-state index is 12.9. The molecule has 0 saturated carbocycles. The molecule has 0 aliphatic rings. The Balaban J connectivity index is 2.08. The van der Waals surface area contributed by atoms with Gasteiger partial charge in [-0.05, 0) is 25.5 Å². The molecule has 1 N–H and O–H groups in total. The monoisotopic (exact) mass is 377 g/mol. The zero-order valence-electron chi connectivity index (χ0n) is 14.9. The Labute approximate surface area is 156 Å². The molecule has 0 aliphatic carbocycles. The molecule has 26 heavy (non-hydrogen) atoms. The van der Waals surface area contributed by atoms with E-state index in [0.29, 0.717) is 42.6 Å². The number of nitrogens with one attached hydrogen (secondary N) is 1. The lowest BCUT2D eigenvalue weighted by Gasteiger charge is -2.23. The van der Waals surface area contributed by atoms with Crippen molar-refractivity contribution in [3.8, 4) is 5.75 Å². The van der Waals surface area contributed by atoms with E-state index in [9.17, 15) is 9.59 Å². The summed E-state index contributed by atoms with van der Waals surface area (Å²) in [5.74, 6) is -0.0690. The van der Waals surface area contributed by atoms with Gasteiger partial charge in [-0.1, -0.05) is 12.1 Å². The van der Waals surface area contributed by atoms with Crippen LogP contribution in [0.25, 0.3) is 0 Å². The number of hydrogen-bond donors (Lipinski definition) is 1. The molecule has 2 rings (SSSR count). The number of anilines is 1. The lowest BCUT2D eigenvalue weighted by atomic mass is 10.1. The fourth-order valence-corrected chi connectivity index (χ4v) is 2.91. The minimum Gasteiger partial charge on any atom is -0.496 e. The van der Waals surface area contributed by atoms with Crippen LogP contribution < -0.4 is 10.1 Å². The predicted molar refractivity (Wildman–Crippen MR) is 101 cm³/mol. The minimum atomic E-state index is -0.292. The van der Waals surface area contributed by atoms with Crippen molar-refractivity contribution in [3.05, 3.63) is 41.4 Å². The van der Waals surface area contributed by atoms with E-state index < -0.39 is 0 Å². The van der Waals surface area contributed by atoms with Gasteiger partial charge in [0, 0.05) is 31.3 Å². The number of rotatable bonds is 10. The van der Waals surface area contributed by atoms with Crippen LogP contribution in [0.4, 0.5) is 5.13 Å². The summed E-state index contributed by atoms with van der Waals surface area (Å²) in [7, 11) is 1.51. The molecule has 1 aromatic heterocycles. The first-order chi connectivity index (χ1) is 12.7. The van der Waals surface area contributed by atoms with Crippen molar-refractivity contribution in [1.82, 2.24) is 9.88 Å². The molecule has 2 aromatic rings. The number of hydrogen-bond acceptors (Lipinski definition) is 6. The van der Waals surface area contributed by atoms with E-state index >= 15 is 0 Å². The summed E-state index contributed by atoms with van der Waals surface area (Å²) in [6.45, 7) is 3.40. The number of methoxy groups -OCH3 is 1. The molecule has 140 valence electrons. The van der Waals surface area contributed by atoms with E-state index in [2.05, 4.69) is 10.3 Å². The van der Waals surface area contributed by atoms with Crippen LogP contribution in [0.2, 0.25) is 0 Å². The molecule has 0 radical (unpaired) electrons. The fraction of sp³-hybridized carbons (Fsp3) is 0.389. The highest BCUT2D eigenvalue weighted by Crippen LogP contribution is 2.19. The Morgan fingerprint density at radius 1 is 1.31 bits per heavy atom. The number of aromatic nitrogens is 1. The molecular weight excluding hydrogens is 354 g/mol. The lowest BCUT2D eigenvalue weighted by molar-refractivity contribution is -0.116. The number of amides is 2. The van der Waals surface area contributed by atoms with Gasteiger partial charge in [-0.3, -0.25) is 9.59 Å². The number of thiazole rings is 1. The molecule has 0 spiro atoms. The van der Waals surface area contributed by atoms with Crippen molar-refractivity contribution >= 4 is 28.3 Å². The van der Waals surface area contributed by atoms with Gasteiger partial charge in [0.25, 0.3) is 5.91 Å². The van der Waals surface area contributed by atoms with Gasteiger partial charge in [-0.2, -0.15) is 0 Å². The SMILES string of the molecule is CCOCCCN(CC(=O)Nc1nccs1)C(=O)c1ccccc1OC. The molecule has 0 fully saturated rings. The van der Waals surface area contributed by atoms with Crippen molar-refractivity contribution in [3.63, 3.8) is 0 Å². The zero-order valence-corrected chi connectivity index (χ0v) is 15.8. The van der Waals surface area contributed by atoms with Crippen LogP contribution >= 0.6 is 11.3 Å². The van der Waals surface area contributed by atoms with Gasteiger partial charge in [0.2, 0.25) is 5.91 Å². The molecule has 0 aliphatic heterocycles. The number of benzene rings is 1. The van der Waals surface area contributed by atoms with E-state index in [-0.39, 0.29) is 18.4 Å². The second-order valence-electron chi connectivity index (χ2n) is 5.36. The van der Waals surface area contributed by atoms with Crippen LogP contribution in [0, 0.1) is 0 Å². The maximum absolute atomic E-state index is 12.9. The third kappa shape index (κ3) is 5.82. The maximum Gasteiger partial charge on any atom is 0.258 e. The molecule has 0 unspecified atom stereocenters. The van der Waals surface area contributed by atoms with Gasteiger partial charge in [0.15, 0.2) is 5.13 Å². The Morgan fingerprint density at radius 3 is 2.81 bits per heavy atom. The average molecular weight is 377 g/mol. The van der Waals surface area contributed by atoms with Gasteiger partial charge < -0.3 is 19.7 Å². The van der Waals surface area contributed by atoms with Gasteiger partial charge in [-0.15, -0.1) is 11.3 Å².